The number of benzene rings is 7. The van der Waals surface area contributed by atoms with E-state index >= 15 is 0 Å². The number of fused-ring (bicyclic) bond motifs is 7. The molecular weight excluding hydrogens is 1020 g/mol. The number of para-hydroxylation sites is 1. The van der Waals surface area contributed by atoms with Gasteiger partial charge < -0.3 is 9.52 Å². The maximum atomic E-state index is 12.6. The standard InChI is InChI=1S/C61H59N4O2.Pt/c1-58(2,3)40-30-38(29-39(31-40)50-32-37(27-28-62-50)36-19-14-13-15-20-36)43-23-18-24-51-52(43)63-56(48-33-41(59(4,5)6)34-49(54(48)66)60(7,8)9)65(51)42-25-26-46-47(35-42)44-21-16-17-22-45(44)53-55(46)67-57(64-53)61(10,11)12;/h13-28,30-35,66H,1-12H3;/q-1;. The van der Waals surface area contributed by atoms with E-state index < -0.39 is 0 Å². The summed E-state index contributed by atoms with van der Waals surface area (Å²) in [7, 11) is 0. The molecule has 0 saturated heterocycles. The Hall–Kier alpha value is -6.36. The summed E-state index contributed by atoms with van der Waals surface area (Å²) >= 11 is 0. The van der Waals surface area contributed by atoms with E-state index in [4.69, 9.17) is 19.4 Å². The fourth-order valence-corrected chi connectivity index (χ4v) is 9.26. The van der Waals surface area contributed by atoms with Gasteiger partial charge in [-0.15, -0.1) is 29.3 Å². The normalized spacial score (nSPS) is 12.6. The van der Waals surface area contributed by atoms with Crippen LogP contribution in [0.1, 0.15) is 106 Å². The number of rotatable bonds is 5. The van der Waals surface area contributed by atoms with E-state index in [1.165, 1.54) is 5.56 Å². The van der Waals surface area contributed by atoms with Crippen LogP contribution in [-0.4, -0.2) is 24.6 Å². The molecule has 0 aliphatic heterocycles. The molecule has 0 saturated carbocycles. The second-order valence-electron chi connectivity index (χ2n) is 22.3. The maximum Gasteiger partial charge on any atom is 0.200 e. The van der Waals surface area contributed by atoms with Crippen molar-refractivity contribution in [3.05, 3.63) is 162 Å². The molecular formula is C61H59N4O2Pt-. The Morgan fingerprint density at radius 2 is 1.21 bits per heavy atom. The summed E-state index contributed by atoms with van der Waals surface area (Å²) in [5.74, 6) is 1.59. The van der Waals surface area contributed by atoms with Crippen molar-refractivity contribution in [2.45, 2.75) is 105 Å². The Labute approximate surface area is 414 Å². The first kappa shape index (κ1) is 46.7. The van der Waals surface area contributed by atoms with Crippen molar-refractivity contribution in [1.82, 2.24) is 19.5 Å². The molecule has 0 aliphatic rings. The third-order valence-electron chi connectivity index (χ3n) is 13.1. The van der Waals surface area contributed by atoms with E-state index in [9.17, 15) is 5.11 Å². The van der Waals surface area contributed by atoms with Crippen LogP contribution in [0.25, 0.3) is 94.3 Å². The average molecular weight is 1080 g/mol. The number of hydrogen-bond donors (Lipinski definition) is 1. The first-order valence-electron chi connectivity index (χ1n) is 23.4. The van der Waals surface area contributed by atoms with Gasteiger partial charge in [0.15, 0.2) is 5.58 Å². The van der Waals surface area contributed by atoms with Crippen LogP contribution in [0.5, 0.6) is 5.75 Å². The van der Waals surface area contributed by atoms with Gasteiger partial charge in [0.1, 0.15) is 17.1 Å². The summed E-state index contributed by atoms with van der Waals surface area (Å²) in [6, 6.07) is 48.7. The van der Waals surface area contributed by atoms with E-state index in [0.717, 1.165) is 94.0 Å². The predicted molar refractivity (Wildman–Crippen MR) is 278 cm³/mol. The minimum atomic E-state index is -0.344. The van der Waals surface area contributed by atoms with Crippen molar-refractivity contribution < 1.29 is 30.6 Å². The fourth-order valence-electron chi connectivity index (χ4n) is 9.26. The second kappa shape index (κ2) is 16.7. The first-order chi connectivity index (χ1) is 31.6. The van der Waals surface area contributed by atoms with Crippen LogP contribution in [0.4, 0.5) is 0 Å². The van der Waals surface area contributed by atoms with Crippen molar-refractivity contribution in [3.8, 4) is 56.3 Å². The minimum absolute atomic E-state index is 0. The van der Waals surface area contributed by atoms with Crippen LogP contribution < -0.4 is 0 Å². The van der Waals surface area contributed by atoms with E-state index in [2.05, 4.69) is 215 Å². The van der Waals surface area contributed by atoms with Gasteiger partial charge in [-0.3, -0.25) is 9.55 Å². The van der Waals surface area contributed by atoms with Crippen LogP contribution in [-0.2, 0) is 42.7 Å². The topological polar surface area (TPSA) is 77.0 Å². The maximum absolute atomic E-state index is 12.6. The third-order valence-corrected chi connectivity index (χ3v) is 13.1. The van der Waals surface area contributed by atoms with Crippen LogP contribution >= 0.6 is 0 Å². The summed E-state index contributed by atoms with van der Waals surface area (Å²) in [6.45, 7) is 26.3. The molecule has 0 radical (unpaired) electrons. The molecule has 0 unspecified atom stereocenters. The van der Waals surface area contributed by atoms with Gasteiger partial charge in [0.05, 0.1) is 16.6 Å². The molecule has 0 spiro atoms. The zero-order valence-electron chi connectivity index (χ0n) is 41.2. The SMILES string of the molecule is CC(C)(C)c1cc(-c2cc(-c3ccccc3)ccn2)[c-]c(-c2cccc3c2nc(-c2cc(C(C)(C)C)cc(C(C)(C)C)c2O)n3-c2ccc3c(c2)c2ccccc2c2nc(C(C)(C)C)oc32)c1.[Pt]. The number of oxazole rings is 1. The van der Waals surface area contributed by atoms with E-state index in [1.54, 1.807) is 0 Å². The molecule has 0 bridgehead atoms. The number of nitrogens with zero attached hydrogens (tertiary/aromatic N) is 4. The molecule has 68 heavy (non-hydrogen) atoms. The summed E-state index contributed by atoms with van der Waals surface area (Å²) in [4.78, 5) is 15.6. The Morgan fingerprint density at radius 3 is 1.90 bits per heavy atom. The van der Waals surface area contributed by atoms with Gasteiger partial charge in [-0.1, -0.05) is 173 Å². The van der Waals surface area contributed by atoms with Gasteiger partial charge >= 0.3 is 0 Å². The molecule has 0 fully saturated rings. The average Bonchev–Trinajstić information content (AvgIpc) is 3.92. The molecule has 0 amide bonds. The van der Waals surface area contributed by atoms with Gasteiger partial charge in [0.25, 0.3) is 0 Å². The van der Waals surface area contributed by atoms with Crippen molar-refractivity contribution >= 4 is 43.7 Å². The molecule has 346 valence electrons. The van der Waals surface area contributed by atoms with Gasteiger partial charge in [-0.05, 0) is 80.1 Å². The van der Waals surface area contributed by atoms with Gasteiger partial charge in [-0.25, -0.2) is 9.97 Å². The van der Waals surface area contributed by atoms with Crippen molar-refractivity contribution in [1.29, 1.82) is 0 Å². The number of aromatic nitrogens is 4. The smallest absolute Gasteiger partial charge is 0.200 e. The molecule has 0 atom stereocenters. The van der Waals surface area contributed by atoms with Crippen molar-refractivity contribution in [2.75, 3.05) is 0 Å². The first-order valence-corrected chi connectivity index (χ1v) is 23.4. The molecule has 10 aromatic rings. The summed E-state index contributed by atoms with van der Waals surface area (Å²) in [5.41, 5.74) is 13.0. The van der Waals surface area contributed by atoms with Crippen LogP contribution in [0.15, 0.2) is 138 Å². The molecule has 6 nitrogen and oxygen atoms in total. The predicted octanol–water partition coefficient (Wildman–Crippen LogP) is 16.2. The number of pyridine rings is 1. The van der Waals surface area contributed by atoms with Crippen molar-refractivity contribution in [2.24, 2.45) is 0 Å². The fraction of sp³-hybridized carbons (Fsp3) is 0.262. The zero-order chi connectivity index (χ0) is 47.4. The monoisotopic (exact) mass is 1070 g/mol. The molecule has 3 heterocycles. The second-order valence-corrected chi connectivity index (χ2v) is 22.3. The van der Waals surface area contributed by atoms with Crippen LogP contribution in [0, 0.1) is 6.07 Å². The molecule has 7 aromatic carbocycles. The third kappa shape index (κ3) is 8.25. The molecule has 0 aliphatic carbocycles. The molecule has 10 rings (SSSR count). The van der Waals surface area contributed by atoms with Gasteiger partial charge in [0.2, 0.25) is 5.89 Å². The summed E-state index contributed by atoms with van der Waals surface area (Å²) in [6.07, 6.45) is 1.89. The quantitative estimate of drug-likeness (QED) is 0.137. The number of imidazole rings is 1. The van der Waals surface area contributed by atoms with E-state index in [-0.39, 0.29) is 48.5 Å². The Morgan fingerprint density at radius 1 is 0.529 bits per heavy atom. The Kier molecular flexibility index (Phi) is 11.5. The number of aromatic hydroxyl groups is 1. The molecule has 7 heteroatoms. The Bertz CT molecular complexity index is 3570. The van der Waals surface area contributed by atoms with Crippen LogP contribution in [0.2, 0.25) is 0 Å². The van der Waals surface area contributed by atoms with E-state index in [0.29, 0.717) is 17.3 Å². The van der Waals surface area contributed by atoms with Gasteiger partial charge in [-0.2, -0.15) is 0 Å². The summed E-state index contributed by atoms with van der Waals surface area (Å²) in [5, 5.41) is 16.7. The van der Waals surface area contributed by atoms with Crippen LogP contribution in [0.3, 0.4) is 0 Å². The number of phenolic OH excluding ortho intramolecular Hbond substituents is 1. The zero-order valence-corrected chi connectivity index (χ0v) is 43.4. The van der Waals surface area contributed by atoms with E-state index in [1.807, 2.05) is 12.3 Å². The molecule has 1 N–H and O–H groups in total. The van der Waals surface area contributed by atoms with Crippen molar-refractivity contribution in [3.63, 3.8) is 0 Å². The molecule has 3 aromatic heterocycles. The van der Waals surface area contributed by atoms with Gasteiger partial charge in [0, 0.05) is 60.4 Å². The number of phenols is 1. The Balaban J connectivity index is 0.00000578. The summed E-state index contributed by atoms with van der Waals surface area (Å²) < 4.78 is 8.88. The largest absolute Gasteiger partial charge is 0.507 e. The minimum Gasteiger partial charge on any atom is -0.507 e. The number of hydrogen-bond acceptors (Lipinski definition) is 5.